The molecule has 2 aromatic rings. The first-order chi connectivity index (χ1) is 12.6. The molecule has 1 aliphatic carbocycles. The lowest BCUT2D eigenvalue weighted by atomic mass is 9.93. The quantitative estimate of drug-likeness (QED) is 0.831. The molecule has 4 nitrogen and oxygen atoms in total. The Morgan fingerprint density at radius 3 is 2.92 bits per heavy atom. The van der Waals surface area contributed by atoms with E-state index in [-0.39, 0.29) is 5.82 Å². The van der Waals surface area contributed by atoms with Crippen molar-refractivity contribution in [2.45, 2.75) is 51.9 Å². The number of rotatable bonds is 6. The summed E-state index contributed by atoms with van der Waals surface area (Å²) in [5.74, 6) is 0.836. The third-order valence-corrected chi connectivity index (χ3v) is 6.42. The van der Waals surface area contributed by atoms with E-state index < -0.39 is 0 Å². The lowest BCUT2D eigenvalue weighted by Crippen LogP contribution is -2.36. The number of aryl methyl sites for hydroxylation is 1. The fraction of sp³-hybridized carbons (Fsp3) is 0.550. The van der Waals surface area contributed by atoms with Crippen molar-refractivity contribution in [2.24, 2.45) is 5.41 Å². The molecule has 2 aliphatic rings. The zero-order valence-electron chi connectivity index (χ0n) is 15.2. The number of nitrogens with one attached hydrogen (secondary N) is 1. The van der Waals surface area contributed by atoms with Crippen molar-refractivity contribution in [3.63, 3.8) is 0 Å². The first kappa shape index (κ1) is 18.0. The molecule has 2 fully saturated rings. The van der Waals surface area contributed by atoms with Gasteiger partial charge in [0.25, 0.3) is 0 Å². The third-order valence-electron chi connectivity index (χ3n) is 6.05. The lowest BCUT2D eigenvalue weighted by Gasteiger charge is -2.29. The Kier molecular flexibility index (Phi) is 5.04. The first-order valence-corrected chi connectivity index (χ1v) is 9.88. The predicted molar refractivity (Wildman–Crippen MR) is 101 cm³/mol. The van der Waals surface area contributed by atoms with Crippen molar-refractivity contribution in [2.75, 3.05) is 13.1 Å². The highest BCUT2D eigenvalue weighted by Crippen LogP contribution is 2.56. The van der Waals surface area contributed by atoms with E-state index >= 15 is 0 Å². The van der Waals surface area contributed by atoms with E-state index in [1.54, 1.807) is 12.1 Å². The largest absolute Gasteiger partial charge is 0.334 e. The van der Waals surface area contributed by atoms with Crippen LogP contribution in [0.4, 0.5) is 4.39 Å². The maximum absolute atomic E-state index is 13.8. The van der Waals surface area contributed by atoms with Crippen LogP contribution < -0.4 is 5.32 Å². The minimum Gasteiger partial charge on any atom is -0.334 e. The van der Waals surface area contributed by atoms with Crippen LogP contribution in [0, 0.1) is 11.2 Å². The Hall–Kier alpha value is -1.43. The molecule has 1 atom stereocenters. The number of aromatic nitrogens is 2. The average Bonchev–Trinajstić information content (AvgIpc) is 3.13. The van der Waals surface area contributed by atoms with Gasteiger partial charge >= 0.3 is 0 Å². The molecule has 0 amide bonds. The lowest BCUT2D eigenvalue weighted by molar-refractivity contribution is 0.182. The Morgan fingerprint density at radius 1 is 1.35 bits per heavy atom. The van der Waals surface area contributed by atoms with Crippen LogP contribution in [-0.4, -0.2) is 33.6 Å². The summed E-state index contributed by atoms with van der Waals surface area (Å²) in [5, 5.41) is 4.10. The van der Waals surface area contributed by atoms with Gasteiger partial charge in [-0.15, -0.1) is 0 Å². The van der Waals surface area contributed by atoms with Gasteiger partial charge < -0.3 is 9.88 Å². The van der Waals surface area contributed by atoms with E-state index in [0.717, 1.165) is 37.6 Å². The Balaban J connectivity index is 1.58. The number of benzene rings is 1. The summed E-state index contributed by atoms with van der Waals surface area (Å²) in [4.78, 5) is 7.01. The number of hydrogen-bond donors (Lipinski definition) is 1. The molecule has 0 radical (unpaired) electrons. The zero-order chi connectivity index (χ0) is 18.1. The SMILES string of the molecule is CCn1ccnc1CN(Cc1cc(F)ccc1Cl)C1CC12CCNCC2. The molecule has 1 aliphatic heterocycles. The van der Waals surface area contributed by atoms with Gasteiger partial charge in [-0.25, -0.2) is 9.37 Å². The molecule has 1 unspecified atom stereocenters. The average molecular weight is 377 g/mol. The molecule has 1 saturated carbocycles. The summed E-state index contributed by atoms with van der Waals surface area (Å²) in [6.07, 6.45) is 7.53. The topological polar surface area (TPSA) is 33.1 Å². The molecule has 2 heterocycles. The molecule has 1 N–H and O–H groups in total. The van der Waals surface area contributed by atoms with Gasteiger partial charge in [-0.2, -0.15) is 0 Å². The van der Waals surface area contributed by atoms with E-state index in [1.165, 1.54) is 25.3 Å². The van der Waals surface area contributed by atoms with Gasteiger partial charge in [0, 0.05) is 36.5 Å². The molecular weight excluding hydrogens is 351 g/mol. The van der Waals surface area contributed by atoms with Crippen LogP contribution in [0.3, 0.4) is 0 Å². The molecule has 4 rings (SSSR count). The molecule has 1 aromatic heterocycles. The van der Waals surface area contributed by atoms with E-state index in [9.17, 15) is 4.39 Å². The highest BCUT2D eigenvalue weighted by atomic mass is 35.5. The summed E-state index contributed by atoms with van der Waals surface area (Å²) in [7, 11) is 0. The minimum atomic E-state index is -0.230. The number of hydrogen-bond acceptors (Lipinski definition) is 3. The van der Waals surface area contributed by atoms with Gasteiger partial charge in [0.1, 0.15) is 11.6 Å². The van der Waals surface area contributed by atoms with Crippen LogP contribution in [0.15, 0.2) is 30.6 Å². The molecule has 1 saturated heterocycles. The number of nitrogens with zero attached hydrogens (tertiary/aromatic N) is 3. The summed E-state index contributed by atoms with van der Waals surface area (Å²) in [5.41, 5.74) is 1.27. The predicted octanol–water partition coefficient (Wildman–Crippen LogP) is 3.84. The van der Waals surface area contributed by atoms with Gasteiger partial charge in [-0.3, -0.25) is 4.90 Å². The monoisotopic (exact) mass is 376 g/mol. The highest BCUT2D eigenvalue weighted by molar-refractivity contribution is 6.31. The van der Waals surface area contributed by atoms with Crippen LogP contribution in [0.5, 0.6) is 0 Å². The van der Waals surface area contributed by atoms with Crippen molar-refractivity contribution in [3.8, 4) is 0 Å². The summed E-state index contributed by atoms with van der Waals surface area (Å²) < 4.78 is 15.9. The first-order valence-electron chi connectivity index (χ1n) is 9.50. The van der Waals surface area contributed by atoms with E-state index in [1.807, 2.05) is 12.4 Å². The van der Waals surface area contributed by atoms with Gasteiger partial charge in [0.2, 0.25) is 0 Å². The third kappa shape index (κ3) is 3.53. The Labute approximate surface area is 159 Å². The van der Waals surface area contributed by atoms with Crippen LogP contribution in [0.25, 0.3) is 0 Å². The minimum absolute atomic E-state index is 0.230. The summed E-state index contributed by atoms with van der Waals surface area (Å²) in [6.45, 7) is 6.65. The van der Waals surface area contributed by atoms with Gasteiger partial charge in [0.15, 0.2) is 0 Å². The van der Waals surface area contributed by atoms with Gasteiger partial charge in [-0.05, 0) is 68.5 Å². The maximum Gasteiger partial charge on any atom is 0.123 e. The van der Waals surface area contributed by atoms with Crippen molar-refractivity contribution in [1.29, 1.82) is 0 Å². The molecule has 140 valence electrons. The van der Waals surface area contributed by atoms with Gasteiger partial charge in [-0.1, -0.05) is 11.6 Å². The molecule has 6 heteroatoms. The van der Waals surface area contributed by atoms with Crippen molar-refractivity contribution in [1.82, 2.24) is 19.8 Å². The molecule has 1 spiro atoms. The van der Waals surface area contributed by atoms with Crippen molar-refractivity contribution < 1.29 is 4.39 Å². The number of piperidine rings is 1. The molecular formula is C20H26ClFN4. The van der Waals surface area contributed by atoms with Crippen LogP contribution in [0.1, 0.15) is 37.6 Å². The highest BCUT2D eigenvalue weighted by Gasteiger charge is 2.56. The molecule has 26 heavy (non-hydrogen) atoms. The molecule has 1 aromatic carbocycles. The zero-order valence-corrected chi connectivity index (χ0v) is 16.0. The normalized spacial score (nSPS) is 21.5. The van der Waals surface area contributed by atoms with E-state index in [4.69, 9.17) is 11.6 Å². The van der Waals surface area contributed by atoms with E-state index in [0.29, 0.717) is 23.0 Å². The second-order valence-corrected chi connectivity index (χ2v) is 8.01. The Bertz CT molecular complexity index is 769. The Morgan fingerprint density at radius 2 is 2.15 bits per heavy atom. The standard InChI is InChI=1S/C20H26ClFN4/c1-2-25-10-9-24-19(25)14-26(13-15-11-16(22)3-4-17(15)21)18-12-20(18)5-7-23-8-6-20/h3-4,9-11,18,23H,2,5-8,12-14H2,1H3. The second-order valence-electron chi connectivity index (χ2n) is 7.60. The molecule has 0 bridgehead atoms. The second kappa shape index (κ2) is 7.29. The van der Waals surface area contributed by atoms with Gasteiger partial charge in [0.05, 0.1) is 6.54 Å². The van der Waals surface area contributed by atoms with Crippen molar-refractivity contribution >= 4 is 11.6 Å². The van der Waals surface area contributed by atoms with E-state index in [2.05, 4.69) is 26.7 Å². The number of imidazole rings is 1. The fourth-order valence-corrected chi connectivity index (χ4v) is 4.60. The van der Waals surface area contributed by atoms with Crippen LogP contribution in [-0.2, 0) is 19.6 Å². The van der Waals surface area contributed by atoms with Crippen LogP contribution in [0.2, 0.25) is 5.02 Å². The maximum atomic E-state index is 13.8. The smallest absolute Gasteiger partial charge is 0.123 e. The van der Waals surface area contributed by atoms with Crippen LogP contribution >= 0.6 is 11.6 Å². The number of halogens is 2. The summed E-state index contributed by atoms with van der Waals surface area (Å²) >= 11 is 6.36. The van der Waals surface area contributed by atoms with Crippen molar-refractivity contribution in [3.05, 3.63) is 52.8 Å². The fourth-order valence-electron chi connectivity index (χ4n) is 4.43. The summed E-state index contributed by atoms with van der Waals surface area (Å²) in [6, 6.07) is 5.17.